The van der Waals surface area contributed by atoms with Crippen LogP contribution in [0.2, 0.25) is 0 Å². The average Bonchev–Trinajstić information content (AvgIpc) is 2.97. The number of ether oxygens (including phenoxy) is 1. The zero-order chi connectivity index (χ0) is 14.5. The Bertz CT molecular complexity index is 420. The van der Waals surface area contributed by atoms with Crippen molar-refractivity contribution < 1.29 is 9.84 Å². The van der Waals surface area contributed by atoms with Gasteiger partial charge >= 0.3 is 0 Å². The Hall–Kier alpha value is -0.940. The lowest BCUT2D eigenvalue weighted by Crippen LogP contribution is -2.44. The number of rotatable bonds is 5. The molecule has 2 aliphatic rings. The summed E-state index contributed by atoms with van der Waals surface area (Å²) in [4.78, 5) is 4.71. The van der Waals surface area contributed by atoms with E-state index in [1.54, 1.807) is 0 Å². The van der Waals surface area contributed by atoms with Gasteiger partial charge in [0.05, 0.1) is 19.3 Å². The molecule has 2 atom stereocenters. The van der Waals surface area contributed by atoms with E-state index in [2.05, 4.69) is 40.1 Å². The zero-order valence-corrected chi connectivity index (χ0v) is 12.7. The van der Waals surface area contributed by atoms with Crippen LogP contribution >= 0.6 is 0 Å². The maximum absolute atomic E-state index is 10.3. The Kier molecular flexibility index (Phi) is 5.25. The predicted octanol–water partition coefficient (Wildman–Crippen LogP) is 1.17. The van der Waals surface area contributed by atoms with Crippen molar-refractivity contribution in [3.63, 3.8) is 0 Å². The van der Waals surface area contributed by atoms with Gasteiger partial charge < -0.3 is 14.7 Å². The van der Waals surface area contributed by atoms with Crippen LogP contribution in [0.25, 0.3) is 0 Å². The van der Waals surface area contributed by atoms with Gasteiger partial charge in [-0.1, -0.05) is 30.3 Å². The minimum atomic E-state index is -0.252. The van der Waals surface area contributed by atoms with Crippen molar-refractivity contribution >= 4 is 0 Å². The highest BCUT2D eigenvalue weighted by molar-refractivity contribution is 5.21. The number of benzene rings is 1. The van der Waals surface area contributed by atoms with Crippen LogP contribution in [-0.4, -0.2) is 73.5 Å². The van der Waals surface area contributed by atoms with Gasteiger partial charge in [-0.2, -0.15) is 0 Å². The fraction of sp³-hybridized carbons (Fsp3) is 0.647. The summed E-state index contributed by atoms with van der Waals surface area (Å²) >= 11 is 0. The smallest absolute Gasteiger partial charge is 0.0793 e. The average molecular weight is 290 g/mol. The molecule has 0 radical (unpaired) electrons. The van der Waals surface area contributed by atoms with Crippen molar-refractivity contribution in [3.05, 3.63) is 35.9 Å². The normalized spacial score (nSPS) is 26.0. The lowest BCUT2D eigenvalue weighted by Gasteiger charge is -2.30. The Morgan fingerprint density at radius 1 is 1.05 bits per heavy atom. The van der Waals surface area contributed by atoms with Crippen LogP contribution in [0.4, 0.5) is 0 Å². The first-order valence-corrected chi connectivity index (χ1v) is 8.07. The largest absolute Gasteiger partial charge is 0.390 e. The topological polar surface area (TPSA) is 35.9 Å². The molecule has 0 bridgehead atoms. The van der Waals surface area contributed by atoms with E-state index in [0.717, 1.165) is 52.5 Å². The lowest BCUT2D eigenvalue weighted by molar-refractivity contribution is 0.00847. The van der Waals surface area contributed by atoms with Crippen molar-refractivity contribution in [1.82, 2.24) is 9.80 Å². The third-order valence-corrected chi connectivity index (χ3v) is 4.58. The Morgan fingerprint density at radius 3 is 2.52 bits per heavy atom. The third-order valence-electron chi connectivity index (χ3n) is 4.58. The van der Waals surface area contributed by atoms with Crippen molar-refractivity contribution in [2.24, 2.45) is 0 Å². The quantitative estimate of drug-likeness (QED) is 0.883. The van der Waals surface area contributed by atoms with Crippen LogP contribution in [0.1, 0.15) is 17.9 Å². The molecule has 2 saturated heterocycles. The number of aliphatic hydroxyl groups excluding tert-OH is 1. The molecule has 2 aliphatic heterocycles. The lowest BCUT2D eigenvalue weighted by atomic mass is 9.99. The molecule has 1 aromatic rings. The molecule has 0 spiro atoms. The molecule has 2 fully saturated rings. The molecule has 116 valence electrons. The van der Waals surface area contributed by atoms with E-state index >= 15 is 0 Å². The minimum Gasteiger partial charge on any atom is -0.390 e. The van der Waals surface area contributed by atoms with Gasteiger partial charge in [0, 0.05) is 32.7 Å². The Morgan fingerprint density at radius 2 is 1.76 bits per heavy atom. The van der Waals surface area contributed by atoms with Crippen LogP contribution in [0, 0.1) is 0 Å². The molecule has 4 nitrogen and oxygen atoms in total. The SMILES string of the molecule is OC(CN1CCOCC1)CN1CCC(c2ccccc2)C1. The molecule has 2 heterocycles. The van der Waals surface area contributed by atoms with E-state index in [1.165, 1.54) is 12.0 Å². The van der Waals surface area contributed by atoms with Crippen molar-refractivity contribution in [2.75, 3.05) is 52.5 Å². The summed E-state index contributed by atoms with van der Waals surface area (Å²) in [7, 11) is 0. The van der Waals surface area contributed by atoms with Gasteiger partial charge in [-0.15, -0.1) is 0 Å². The van der Waals surface area contributed by atoms with Crippen LogP contribution < -0.4 is 0 Å². The van der Waals surface area contributed by atoms with E-state index in [4.69, 9.17) is 4.74 Å². The zero-order valence-electron chi connectivity index (χ0n) is 12.7. The van der Waals surface area contributed by atoms with Crippen molar-refractivity contribution in [1.29, 1.82) is 0 Å². The van der Waals surface area contributed by atoms with E-state index in [0.29, 0.717) is 5.92 Å². The molecule has 4 heteroatoms. The summed E-state index contributed by atoms with van der Waals surface area (Å²) in [6, 6.07) is 10.7. The van der Waals surface area contributed by atoms with Gasteiger partial charge in [0.15, 0.2) is 0 Å². The summed E-state index contributed by atoms with van der Waals surface area (Å²) in [5.41, 5.74) is 1.43. The first-order chi connectivity index (χ1) is 10.3. The molecule has 0 amide bonds. The third kappa shape index (κ3) is 4.27. The van der Waals surface area contributed by atoms with E-state index in [-0.39, 0.29) is 6.10 Å². The van der Waals surface area contributed by atoms with Crippen LogP contribution in [0.15, 0.2) is 30.3 Å². The highest BCUT2D eigenvalue weighted by atomic mass is 16.5. The van der Waals surface area contributed by atoms with Crippen LogP contribution in [-0.2, 0) is 4.74 Å². The molecule has 2 unspecified atom stereocenters. The highest BCUT2D eigenvalue weighted by Crippen LogP contribution is 2.26. The first kappa shape index (κ1) is 15.0. The molecule has 0 aromatic heterocycles. The van der Waals surface area contributed by atoms with E-state index < -0.39 is 0 Å². The van der Waals surface area contributed by atoms with Crippen LogP contribution in [0.5, 0.6) is 0 Å². The molecular weight excluding hydrogens is 264 g/mol. The minimum absolute atomic E-state index is 0.252. The fourth-order valence-electron chi connectivity index (χ4n) is 3.43. The summed E-state index contributed by atoms with van der Waals surface area (Å²) in [6.07, 6.45) is 0.950. The molecule has 0 aliphatic carbocycles. The molecule has 0 saturated carbocycles. The first-order valence-electron chi connectivity index (χ1n) is 8.07. The monoisotopic (exact) mass is 290 g/mol. The summed E-state index contributed by atoms with van der Waals surface area (Å²) in [6.45, 7) is 7.23. The van der Waals surface area contributed by atoms with E-state index in [9.17, 15) is 5.11 Å². The number of nitrogens with zero attached hydrogens (tertiary/aromatic N) is 2. The van der Waals surface area contributed by atoms with Crippen molar-refractivity contribution in [3.8, 4) is 0 Å². The maximum atomic E-state index is 10.3. The Labute approximate surface area is 127 Å². The molecule has 1 aromatic carbocycles. The number of β-amino-alcohol motifs (C(OH)–C–C–N with tert-alkyl or cyclic N) is 1. The number of morpholine rings is 1. The van der Waals surface area contributed by atoms with E-state index in [1.807, 2.05) is 0 Å². The van der Waals surface area contributed by atoms with Crippen LogP contribution in [0.3, 0.4) is 0 Å². The van der Waals surface area contributed by atoms with Gasteiger partial charge in [-0.05, 0) is 24.4 Å². The molecule has 3 rings (SSSR count). The Balaban J connectivity index is 1.43. The van der Waals surface area contributed by atoms with Gasteiger partial charge in [-0.25, -0.2) is 0 Å². The number of hydrogen-bond donors (Lipinski definition) is 1. The number of hydrogen-bond acceptors (Lipinski definition) is 4. The van der Waals surface area contributed by atoms with Gasteiger partial charge in [0.25, 0.3) is 0 Å². The van der Waals surface area contributed by atoms with Gasteiger partial charge in [0.1, 0.15) is 0 Å². The second-order valence-electron chi connectivity index (χ2n) is 6.22. The number of aliphatic hydroxyl groups is 1. The standard InChI is InChI=1S/C17H26N2O2/c20-17(13-18-8-10-21-11-9-18)14-19-7-6-16(12-19)15-4-2-1-3-5-15/h1-5,16-17,20H,6-14H2. The second-order valence-corrected chi connectivity index (χ2v) is 6.22. The molecule has 1 N–H and O–H groups in total. The predicted molar refractivity (Wildman–Crippen MR) is 83.5 cm³/mol. The highest BCUT2D eigenvalue weighted by Gasteiger charge is 2.26. The summed E-state index contributed by atoms with van der Waals surface area (Å²) < 4.78 is 5.34. The second kappa shape index (κ2) is 7.36. The summed E-state index contributed by atoms with van der Waals surface area (Å²) in [5, 5.41) is 10.3. The fourth-order valence-corrected chi connectivity index (χ4v) is 3.43. The number of likely N-dealkylation sites (tertiary alicyclic amines) is 1. The van der Waals surface area contributed by atoms with Crippen molar-refractivity contribution in [2.45, 2.75) is 18.4 Å². The van der Waals surface area contributed by atoms with Gasteiger partial charge in [0.2, 0.25) is 0 Å². The molecular formula is C17H26N2O2. The van der Waals surface area contributed by atoms with Gasteiger partial charge in [-0.3, -0.25) is 4.90 Å². The summed E-state index contributed by atoms with van der Waals surface area (Å²) in [5.74, 6) is 0.627. The molecule has 21 heavy (non-hydrogen) atoms. The maximum Gasteiger partial charge on any atom is 0.0793 e.